The maximum Gasteiger partial charge on any atom is 0.311 e. The van der Waals surface area contributed by atoms with Gasteiger partial charge in [-0.05, 0) is 24.1 Å². The summed E-state index contributed by atoms with van der Waals surface area (Å²) in [5.74, 6) is -0.820. The van der Waals surface area contributed by atoms with E-state index in [9.17, 15) is 9.18 Å². The van der Waals surface area contributed by atoms with Gasteiger partial charge in [-0.3, -0.25) is 4.79 Å². The molecule has 17 heavy (non-hydrogen) atoms. The van der Waals surface area contributed by atoms with E-state index in [2.05, 4.69) is 10.2 Å². The number of hydrogen-bond donors (Lipinski definition) is 0. The van der Waals surface area contributed by atoms with Crippen LogP contribution in [0.4, 0.5) is 4.39 Å². The van der Waals surface area contributed by atoms with Gasteiger partial charge in [-0.2, -0.15) is 10.2 Å². The van der Waals surface area contributed by atoms with E-state index in [1.165, 1.54) is 12.1 Å². The van der Waals surface area contributed by atoms with Gasteiger partial charge in [0.2, 0.25) is 0 Å². The van der Waals surface area contributed by atoms with E-state index in [0.717, 1.165) is 0 Å². The Morgan fingerprint density at radius 1 is 1.47 bits per heavy atom. The number of hydrogen-bond acceptors (Lipinski definition) is 4. The lowest BCUT2D eigenvalue weighted by Gasteiger charge is -2.15. The second-order valence-corrected chi connectivity index (χ2v) is 3.91. The summed E-state index contributed by atoms with van der Waals surface area (Å²) < 4.78 is 18.0. The molecule has 0 amide bonds. The van der Waals surface area contributed by atoms with Crippen LogP contribution >= 0.6 is 0 Å². The highest BCUT2D eigenvalue weighted by molar-refractivity contribution is 5.72. The highest BCUT2D eigenvalue weighted by atomic mass is 19.1. The normalized spacial score (nSPS) is 19.0. The molecule has 0 aliphatic carbocycles. The summed E-state index contributed by atoms with van der Waals surface area (Å²) in [6.45, 7) is 1.06. The molecule has 0 saturated carbocycles. The van der Waals surface area contributed by atoms with Gasteiger partial charge in [-0.15, -0.1) is 0 Å². The molecule has 0 N–H and O–H groups in total. The largest absolute Gasteiger partial charge is 0.461 e. The van der Waals surface area contributed by atoms with Gasteiger partial charge in [0, 0.05) is 0 Å². The van der Waals surface area contributed by atoms with Crippen LogP contribution in [0.2, 0.25) is 0 Å². The summed E-state index contributed by atoms with van der Waals surface area (Å²) >= 11 is 0. The summed E-state index contributed by atoms with van der Waals surface area (Å²) in [6.07, 6.45) is 0.672. The Hall–Kier alpha value is -1.78. The fourth-order valence-corrected chi connectivity index (χ4v) is 1.62. The van der Waals surface area contributed by atoms with Gasteiger partial charge in [-0.25, -0.2) is 4.39 Å². The predicted octanol–water partition coefficient (Wildman–Crippen LogP) is 2.34. The molecule has 2 rings (SSSR count). The number of benzene rings is 1. The maximum atomic E-state index is 12.9. The smallest absolute Gasteiger partial charge is 0.311 e. The minimum absolute atomic E-state index is 0.101. The third-order valence-corrected chi connectivity index (χ3v) is 2.58. The molecule has 1 aromatic carbocycles. The molecule has 0 fully saturated rings. The predicted molar refractivity (Wildman–Crippen MR) is 58.9 cm³/mol. The molecule has 4 nitrogen and oxygen atoms in total. The van der Waals surface area contributed by atoms with Gasteiger partial charge in [0.1, 0.15) is 12.4 Å². The van der Waals surface area contributed by atoms with Gasteiger partial charge < -0.3 is 4.74 Å². The summed E-state index contributed by atoms with van der Waals surface area (Å²) in [4.78, 5) is 11.6. The molecule has 0 saturated heterocycles. The van der Waals surface area contributed by atoms with Crippen LogP contribution in [-0.2, 0) is 16.1 Å². The van der Waals surface area contributed by atoms with Crippen molar-refractivity contribution < 1.29 is 13.9 Å². The SMILES string of the molecule is O=C(OCc1cccc(F)c1)C1CCN=NC1. The van der Waals surface area contributed by atoms with Crippen molar-refractivity contribution in [2.45, 2.75) is 13.0 Å². The molecule has 1 atom stereocenters. The van der Waals surface area contributed by atoms with Crippen molar-refractivity contribution in [1.29, 1.82) is 0 Å². The van der Waals surface area contributed by atoms with Crippen molar-refractivity contribution in [3.63, 3.8) is 0 Å². The van der Waals surface area contributed by atoms with Crippen LogP contribution in [0, 0.1) is 11.7 Å². The second-order valence-electron chi connectivity index (χ2n) is 3.91. The van der Waals surface area contributed by atoms with Crippen LogP contribution in [0.1, 0.15) is 12.0 Å². The van der Waals surface area contributed by atoms with Crippen LogP contribution in [0.3, 0.4) is 0 Å². The number of azo groups is 1. The van der Waals surface area contributed by atoms with Gasteiger partial charge in [-0.1, -0.05) is 12.1 Å². The van der Waals surface area contributed by atoms with Crippen LogP contribution in [-0.4, -0.2) is 19.1 Å². The summed E-state index contributed by atoms with van der Waals surface area (Å²) in [5.41, 5.74) is 0.649. The Labute approximate surface area is 98.5 Å². The summed E-state index contributed by atoms with van der Waals surface area (Å²) in [6, 6.07) is 6.02. The highest BCUT2D eigenvalue weighted by Gasteiger charge is 2.21. The standard InChI is InChI=1S/C12H13FN2O2/c13-11-3-1-2-9(6-11)8-17-12(16)10-4-5-14-15-7-10/h1-3,6,10H,4-5,7-8H2. The van der Waals surface area contributed by atoms with E-state index < -0.39 is 0 Å². The fourth-order valence-electron chi connectivity index (χ4n) is 1.62. The lowest BCUT2D eigenvalue weighted by atomic mass is 10.1. The van der Waals surface area contributed by atoms with Crippen LogP contribution in [0.25, 0.3) is 0 Å². The number of carbonyl (C=O) groups excluding carboxylic acids is 1. The van der Waals surface area contributed by atoms with Crippen molar-refractivity contribution in [1.82, 2.24) is 0 Å². The molecule has 0 bridgehead atoms. The van der Waals surface area contributed by atoms with E-state index in [4.69, 9.17) is 4.74 Å². The van der Waals surface area contributed by atoms with E-state index in [1.807, 2.05) is 0 Å². The lowest BCUT2D eigenvalue weighted by Crippen LogP contribution is -2.23. The van der Waals surface area contributed by atoms with Gasteiger partial charge in [0.25, 0.3) is 0 Å². The molecular formula is C12H13FN2O2. The minimum Gasteiger partial charge on any atom is -0.461 e. The average Bonchev–Trinajstić information content (AvgIpc) is 2.37. The summed E-state index contributed by atoms with van der Waals surface area (Å²) in [7, 11) is 0. The molecule has 90 valence electrons. The number of rotatable bonds is 3. The zero-order chi connectivity index (χ0) is 12.1. The van der Waals surface area contributed by atoms with Crippen molar-refractivity contribution in [3.05, 3.63) is 35.6 Å². The Kier molecular flexibility index (Phi) is 3.80. The minimum atomic E-state index is -0.329. The maximum absolute atomic E-state index is 12.9. The Morgan fingerprint density at radius 2 is 2.35 bits per heavy atom. The third-order valence-electron chi connectivity index (χ3n) is 2.58. The van der Waals surface area contributed by atoms with Crippen molar-refractivity contribution in [2.75, 3.05) is 13.1 Å². The Morgan fingerprint density at radius 3 is 3.06 bits per heavy atom. The lowest BCUT2D eigenvalue weighted by molar-refractivity contribution is -0.149. The molecule has 0 radical (unpaired) electrons. The van der Waals surface area contributed by atoms with E-state index >= 15 is 0 Å². The van der Waals surface area contributed by atoms with E-state index in [-0.39, 0.29) is 24.3 Å². The van der Waals surface area contributed by atoms with E-state index in [0.29, 0.717) is 25.1 Å². The molecular weight excluding hydrogens is 223 g/mol. The number of nitrogens with zero attached hydrogens (tertiary/aromatic N) is 2. The quantitative estimate of drug-likeness (QED) is 0.756. The molecule has 0 aromatic heterocycles. The zero-order valence-corrected chi connectivity index (χ0v) is 9.30. The average molecular weight is 236 g/mol. The van der Waals surface area contributed by atoms with Gasteiger partial charge in [0.05, 0.1) is 19.0 Å². The summed E-state index contributed by atoms with van der Waals surface area (Å²) in [5, 5.41) is 7.62. The number of carbonyl (C=O) groups is 1. The molecule has 1 aliphatic rings. The molecule has 1 unspecified atom stereocenters. The monoisotopic (exact) mass is 236 g/mol. The zero-order valence-electron chi connectivity index (χ0n) is 9.30. The second kappa shape index (κ2) is 5.52. The van der Waals surface area contributed by atoms with Crippen LogP contribution in [0.5, 0.6) is 0 Å². The Bertz CT molecular complexity index is 434. The van der Waals surface area contributed by atoms with Crippen LogP contribution < -0.4 is 0 Å². The van der Waals surface area contributed by atoms with Gasteiger partial charge in [0.15, 0.2) is 0 Å². The number of ether oxygens (including phenoxy) is 1. The number of halogens is 1. The fraction of sp³-hybridized carbons (Fsp3) is 0.417. The van der Waals surface area contributed by atoms with Crippen molar-refractivity contribution in [3.8, 4) is 0 Å². The molecule has 1 aliphatic heterocycles. The molecule has 5 heteroatoms. The third kappa shape index (κ3) is 3.34. The first-order valence-electron chi connectivity index (χ1n) is 5.50. The van der Waals surface area contributed by atoms with Crippen LogP contribution in [0.15, 0.2) is 34.5 Å². The topological polar surface area (TPSA) is 51.0 Å². The molecule has 0 spiro atoms. The Balaban J connectivity index is 1.85. The molecule has 1 aromatic rings. The number of esters is 1. The first kappa shape index (κ1) is 11.7. The highest BCUT2D eigenvalue weighted by Crippen LogP contribution is 2.13. The van der Waals surface area contributed by atoms with E-state index in [1.54, 1.807) is 12.1 Å². The first-order chi connectivity index (χ1) is 8.25. The van der Waals surface area contributed by atoms with Crippen molar-refractivity contribution in [2.24, 2.45) is 16.1 Å². The van der Waals surface area contributed by atoms with Crippen molar-refractivity contribution >= 4 is 5.97 Å². The van der Waals surface area contributed by atoms with Gasteiger partial charge >= 0.3 is 5.97 Å². The first-order valence-corrected chi connectivity index (χ1v) is 5.50. The molecule has 1 heterocycles.